The zero-order chi connectivity index (χ0) is 12.3. The standard InChI is InChI=1S/C14H17NS2/c1-10-3-6-12(7-4-10)16-9-13(15)14-8-5-11(2)17-14/h3-8,13H,9,15H2,1-2H3. The van der Waals surface area contributed by atoms with Gasteiger partial charge < -0.3 is 5.73 Å². The lowest BCUT2D eigenvalue weighted by Gasteiger charge is -2.09. The van der Waals surface area contributed by atoms with Gasteiger partial charge in [0.2, 0.25) is 0 Å². The highest BCUT2D eigenvalue weighted by Crippen LogP contribution is 2.27. The normalized spacial score (nSPS) is 12.6. The lowest BCUT2D eigenvalue weighted by atomic mass is 10.2. The Hall–Kier alpha value is -0.770. The summed E-state index contributed by atoms with van der Waals surface area (Å²) in [6.07, 6.45) is 0. The van der Waals surface area contributed by atoms with E-state index >= 15 is 0 Å². The number of thioether (sulfide) groups is 1. The number of thiophene rings is 1. The molecule has 17 heavy (non-hydrogen) atoms. The number of aryl methyl sites for hydroxylation is 2. The third kappa shape index (κ3) is 3.60. The first kappa shape index (κ1) is 12.7. The van der Waals surface area contributed by atoms with Gasteiger partial charge in [-0.3, -0.25) is 0 Å². The smallest absolute Gasteiger partial charge is 0.0485 e. The van der Waals surface area contributed by atoms with E-state index in [0.717, 1.165) is 5.75 Å². The van der Waals surface area contributed by atoms with Crippen molar-refractivity contribution in [2.24, 2.45) is 5.73 Å². The quantitative estimate of drug-likeness (QED) is 0.838. The monoisotopic (exact) mass is 263 g/mol. The predicted octanol–water partition coefficient (Wildman–Crippen LogP) is 4.16. The van der Waals surface area contributed by atoms with E-state index in [9.17, 15) is 0 Å². The highest BCUT2D eigenvalue weighted by atomic mass is 32.2. The van der Waals surface area contributed by atoms with Gasteiger partial charge in [0.25, 0.3) is 0 Å². The molecule has 0 radical (unpaired) electrons. The molecule has 1 unspecified atom stereocenters. The summed E-state index contributed by atoms with van der Waals surface area (Å²) in [5, 5.41) is 0. The molecule has 1 heterocycles. The van der Waals surface area contributed by atoms with Crippen LogP contribution in [0, 0.1) is 13.8 Å². The van der Waals surface area contributed by atoms with Crippen LogP contribution in [0.3, 0.4) is 0 Å². The van der Waals surface area contributed by atoms with Gasteiger partial charge in [-0.15, -0.1) is 23.1 Å². The summed E-state index contributed by atoms with van der Waals surface area (Å²) in [7, 11) is 0. The van der Waals surface area contributed by atoms with Crippen LogP contribution in [-0.4, -0.2) is 5.75 Å². The fraction of sp³-hybridized carbons (Fsp3) is 0.286. The molecule has 0 saturated carbocycles. The molecule has 3 heteroatoms. The Labute approximate surface area is 111 Å². The number of benzene rings is 1. The zero-order valence-corrected chi connectivity index (χ0v) is 11.8. The summed E-state index contributed by atoms with van der Waals surface area (Å²) in [5.41, 5.74) is 7.47. The number of hydrogen-bond acceptors (Lipinski definition) is 3. The van der Waals surface area contributed by atoms with Crippen LogP contribution in [-0.2, 0) is 0 Å². The van der Waals surface area contributed by atoms with Crippen molar-refractivity contribution in [3.05, 3.63) is 51.7 Å². The van der Waals surface area contributed by atoms with E-state index in [-0.39, 0.29) is 6.04 Å². The summed E-state index contributed by atoms with van der Waals surface area (Å²) in [6, 6.07) is 13.0. The Bertz CT molecular complexity index is 473. The van der Waals surface area contributed by atoms with Crippen molar-refractivity contribution in [3.63, 3.8) is 0 Å². The maximum absolute atomic E-state index is 6.18. The van der Waals surface area contributed by atoms with E-state index in [4.69, 9.17) is 5.73 Å². The molecule has 2 N–H and O–H groups in total. The number of rotatable bonds is 4. The lowest BCUT2D eigenvalue weighted by Crippen LogP contribution is -2.11. The van der Waals surface area contributed by atoms with E-state index in [1.54, 1.807) is 11.3 Å². The molecule has 2 aromatic rings. The van der Waals surface area contributed by atoms with Gasteiger partial charge in [-0.05, 0) is 38.1 Å². The highest BCUT2D eigenvalue weighted by molar-refractivity contribution is 7.99. The van der Waals surface area contributed by atoms with Crippen molar-refractivity contribution < 1.29 is 0 Å². The average molecular weight is 263 g/mol. The average Bonchev–Trinajstić information content (AvgIpc) is 2.75. The molecule has 90 valence electrons. The van der Waals surface area contributed by atoms with Crippen LogP contribution in [0.4, 0.5) is 0 Å². The molecule has 0 aliphatic heterocycles. The van der Waals surface area contributed by atoms with Crippen molar-refractivity contribution in [1.82, 2.24) is 0 Å². The molecular formula is C14H17NS2. The van der Waals surface area contributed by atoms with Gasteiger partial charge in [0.15, 0.2) is 0 Å². The van der Waals surface area contributed by atoms with E-state index in [1.165, 1.54) is 20.2 Å². The highest BCUT2D eigenvalue weighted by Gasteiger charge is 2.08. The fourth-order valence-corrected chi connectivity index (χ4v) is 3.42. The van der Waals surface area contributed by atoms with E-state index in [0.29, 0.717) is 0 Å². The fourth-order valence-electron chi connectivity index (χ4n) is 1.56. The maximum Gasteiger partial charge on any atom is 0.0485 e. The van der Waals surface area contributed by atoms with Gasteiger partial charge in [0.05, 0.1) is 0 Å². The summed E-state index contributed by atoms with van der Waals surface area (Å²) < 4.78 is 0. The summed E-state index contributed by atoms with van der Waals surface area (Å²) in [6.45, 7) is 4.22. The van der Waals surface area contributed by atoms with Crippen LogP contribution < -0.4 is 5.73 Å². The Balaban J connectivity index is 1.92. The van der Waals surface area contributed by atoms with E-state index in [2.05, 4.69) is 50.2 Å². The van der Waals surface area contributed by atoms with Crippen LogP contribution >= 0.6 is 23.1 Å². The van der Waals surface area contributed by atoms with Gasteiger partial charge in [0, 0.05) is 26.4 Å². The molecule has 1 aromatic carbocycles. The largest absolute Gasteiger partial charge is 0.323 e. The molecule has 0 fully saturated rings. The minimum Gasteiger partial charge on any atom is -0.323 e. The molecule has 0 amide bonds. The van der Waals surface area contributed by atoms with Crippen molar-refractivity contribution in [2.75, 3.05) is 5.75 Å². The summed E-state index contributed by atoms with van der Waals surface area (Å²) >= 11 is 3.62. The molecule has 0 aliphatic carbocycles. The van der Waals surface area contributed by atoms with Gasteiger partial charge >= 0.3 is 0 Å². The van der Waals surface area contributed by atoms with E-state index < -0.39 is 0 Å². The zero-order valence-electron chi connectivity index (χ0n) is 10.1. The van der Waals surface area contributed by atoms with Crippen molar-refractivity contribution in [2.45, 2.75) is 24.8 Å². The predicted molar refractivity (Wildman–Crippen MR) is 77.9 cm³/mol. The Morgan fingerprint density at radius 2 is 1.82 bits per heavy atom. The molecule has 0 aliphatic rings. The van der Waals surface area contributed by atoms with Gasteiger partial charge in [-0.25, -0.2) is 0 Å². The molecular weight excluding hydrogens is 246 g/mol. The Kier molecular flexibility index (Phi) is 4.26. The van der Waals surface area contributed by atoms with Crippen LogP contribution in [0.1, 0.15) is 21.4 Å². The Morgan fingerprint density at radius 1 is 1.12 bits per heavy atom. The summed E-state index contributed by atoms with van der Waals surface area (Å²) in [5.74, 6) is 0.934. The third-order valence-electron chi connectivity index (χ3n) is 2.58. The molecule has 1 atom stereocenters. The first-order valence-corrected chi connectivity index (χ1v) is 7.47. The van der Waals surface area contributed by atoms with Gasteiger partial charge in [-0.2, -0.15) is 0 Å². The van der Waals surface area contributed by atoms with Gasteiger partial charge in [-0.1, -0.05) is 17.7 Å². The van der Waals surface area contributed by atoms with Crippen molar-refractivity contribution >= 4 is 23.1 Å². The third-order valence-corrected chi connectivity index (χ3v) is 4.84. The van der Waals surface area contributed by atoms with E-state index in [1.807, 2.05) is 11.8 Å². The Morgan fingerprint density at radius 3 is 2.41 bits per heavy atom. The summed E-state index contributed by atoms with van der Waals surface area (Å²) in [4.78, 5) is 3.90. The SMILES string of the molecule is Cc1ccc(SCC(N)c2ccc(C)s2)cc1. The first-order chi connectivity index (χ1) is 8.15. The second kappa shape index (κ2) is 5.71. The van der Waals surface area contributed by atoms with Crippen LogP contribution in [0.5, 0.6) is 0 Å². The molecule has 0 bridgehead atoms. The first-order valence-electron chi connectivity index (χ1n) is 5.66. The minimum absolute atomic E-state index is 0.139. The van der Waals surface area contributed by atoms with Crippen LogP contribution in [0.25, 0.3) is 0 Å². The van der Waals surface area contributed by atoms with Gasteiger partial charge in [0.1, 0.15) is 0 Å². The second-order valence-corrected chi connectivity index (χ2v) is 6.59. The lowest BCUT2D eigenvalue weighted by molar-refractivity contribution is 0.852. The maximum atomic E-state index is 6.18. The molecule has 1 nitrogen and oxygen atoms in total. The minimum atomic E-state index is 0.139. The molecule has 1 aromatic heterocycles. The number of hydrogen-bond donors (Lipinski definition) is 1. The molecule has 2 rings (SSSR count). The van der Waals surface area contributed by atoms with Crippen LogP contribution in [0.2, 0.25) is 0 Å². The molecule has 0 saturated heterocycles. The van der Waals surface area contributed by atoms with Crippen molar-refractivity contribution in [3.8, 4) is 0 Å². The number of nitrogens with two attached hydrogens (primary N) is 1. The molecule has 0 spiro atoms. The van der Waals surface area contributed by atoms with Crippen LogP contribution in [0.15, 0.2) is 41.3 Å². The topological polar surface area (TPSA) is 26.0 Å². The second-order valence-electron chi connectivity index (χ2n) is 4.18. The van der Waals surface area contributed by atoms with Crippen molar-refractivity contribution in [1.29, 1.82) is 0 Å².